The van der Waals surface area contributed by atoms with E-state index < -0.39 is 0 Å². The number of phenols is 1. The molecule has 3 rings (SSSR count). The van der Waals surface area contributed by atoms with Crippen molar-refractivity contribution in [3.8, 4) is 5.75 Å². The second-order valence-corrected chi connectivity index (χ2v) is 6.58. The Hall–Kier alpha value is -1.39. The van der Waals surface area contributed by atoms with E-state index >= 15 is 0 Å². The SMILES string of the molecule is Cc1cc(Br)cc(CN2CCc3cc(O)cc(F)c3C2)c1. The molecule has 0 amide bonds. The molecule has 1 N–H and O–H groups in total. The van der Waals surface area contributed by atoms with Crippen LogP contribution in [0.2, 0.25) is 0 Å². The number of nitrogens with zero attached hydrogens (tertiary/aromatic N) is 1. The monoisotopic (exact) mass is 349 g/mol. The van der Waals surface area contributed by atoms with Gasteiger partial charge in [0.25, 0.3) is 0 Å². The molecule has 0 aromatic heterocycles. The van der Waals surface area contributed by atoms with Gasteiger partial charge in [0, 0.05) is 35.7 Å². The highest BCUT2D eigenvalue weighted by atomic mass is 79.9. The van der Waals surface area contributed by atoms with Gasteiger partial charge >= 0.3 is 0 Å². The van der Waals surface area contributed by atoms with Crippen molar-refractivity contribution in [1.82, 2.24) is 4.90 Å². The molecule has 0 saturated carbocycles. The number of fused-ring (bicyclic) bond motifs is 1. The predicted molar refractivity (Wildman–Crippen MR) is 84.8 cm³/mol. The number of aromatic hydroxyl groups is 1. The summed E-state index contributed by atoms with van der Waals surface area (Å²) >= 11 is 3.52. The maximum Gasteiger partial charge on any atom is 0.131 e. The maximum atomic E-state index is 14.0. The van der Waals surface area contributed by atoms with E-state index in [2.05, 4.69) is 46.0 Å². The van der Waals surface area contributed by atoms with E-state index in [-0.39, 0.29) is 11.6 Å². The van der Waals surface area contributed by atoms with Crippen LogP contribution in [0.4, 0.5) is 4.39 Å². The van der Waals surface area contributed by atoms with Crippen molar-refractivity contribution in [2.45, 2.75) is 26.4 Å². The standard InChI is InChI=1S/C17H17BrFNO/c1-11-4-12(6-14(18)5-11)9-20-3-2-13-7-15(21)8-17(19)16(13)10-20/h4-8,21H,2-3,9-10H2,1H3. The zero-order valence-electron chi connectivity index (χ0n) is 11.9. The normalized spacial score (nSPS) is 15.0. The Morgan fingerprint density at radius 1 is 1.24 bits per heavy atom. The number of benzene rings is 2. The van der Waals surface area contributed by atoms with Crippen molar-refractivity contribution in [2.24, 2.45) is 0 Å². The van der Waals surface area contributed by atoms with Crippen LogP contribution in [-0.2, 0) is 19.5 Å². The first-order chi connectivity index (χ1) is 10.0. The minimum Gasteiger partial charge on any atom is -0.508 e. The fourth-order valence-electron chi connectivity index (χ4n) is 2.96. The third-order valence-corrected chi connectivity index (χ3v) is 4.32. The maximum absolute atomic E-state index is 14.0. The average molecular weight is 350 g/mol. The smallest absolute Gasteiger partial charge is 0.131 e. The van der Waals surface area contributed by atoms with Crippen molar-refractivity contribution in [2.75, 3.05) is 6.54 Å². The van der Waals surface area contributed by atoms with Crippen molar-refractivity contribution < 1.29 is 9.50 Å². The number of phenolic OH excluding ortho intramolecular Hbond substituents is 1. The van der Waals surface area contributed by atoms with Gasteiger partial charge in [0.2, 0.25) is 0 Å². The van der Waals surface area contributed by atoms with Crippen molar-refractivity contribution in [1.29, 1.82) is 0 Å². The molecular formula is C17H17BrFNO. The van der Waals surface area contributed by atoms with Crippen molar-refractivity contribution in [3.05, 3.63) is 62.9 Å². The summed E-state index contributed by atoms with van der Waals surface area (Å²) in [4.78, 5) is 2.24. The Bertz CT molecular complexity index is 666. The molecule has 0 fully saturated rings. The van der Waals surface area contributed by atoms with Gasteiger partial charge in [-0.3, -0.25) is 4.90 Å². The van der Waals surface area contributed by atoms with Crippen molar-refractivity contribution >= 4 is 15.9 Å². The van der Waals surface area contributed by atoms with Gasteiger partial charge in [0.05, 0.1) is 0 Å². The van der Waals surface area contributed by atoms with Gasteiger partial charge in [-0.2, -0.15) is 0 Å². The third-order valence-electron chi connectivity index (χ3n) is 3.86. The molecule has 2 aromatic rings. The van der Waals surface area contributed by atoms with Crippen LogP contribution in [0.15, 0.2) is 34.8 Å². The predicted octanol–water partition coefficient (Wildman–Crippen LogP) is 4.16. The van der Waals surface area contributed by atoms with Gasteiger partial charge in [0.1, 0.15) is 11.6 Å². The Labute approximate surface area is 132 Å². The molecule has 0 aliphatic carbocycles. The average Bonchev–Trinajstić information content (AvgIpc) is 2.38. The fraction of sp³-hybridized carbons (Fsp3) is 0.294. The van der Waals surface area contributed by atoms with Gasteiger partial charge in [-0.15, -0.1) is 0 Å². The van der Waals surface area contributed by atoms with E-state index in [4.69, 9.17) is 0 Å². The summed E-state index contributed by atoms with van der Waals surface area (Å²) in [6.45, 7) is 4.34. The molecule has 4 heteroatoms. The first-order valence-corrected chi connectivity index (χ1v) is 7.79. The quantitative estimate of drug-likeness (QED) is 0.879. The van der Waals surface area contributed by atoms with Gasteiger partial charge in [0.15, 0.2) is 0 Å². The van der Waals surface area contributed by atoms with Gasteiger partial charge < -0.3 is 5.11 Å². The molecule has 0 radical (unpaired) electrons. The molecule has 0 unspecified atom stereocenters. The van der Waals surface area contributed by atoms with Gasteiger partial charge in [-0.25, -0.2) is 4.39 Å². The van der Waals surface area contributed by atoms with E-state index in [0.717, 1.165) is 29.5 Å². The summed E-state index contributed by atoms with van der Waals surface area (Å²) in [5.74, 6) is -0.289. The molecule has 2 nitrogen and oxygen atoms in total. The molecular weight excluding hydrogens is 333 g/mol. The molecule has 0 spiro atoms. The summed E-state index contributed by atoms with van der Waals surface area (Å²) in [6.07, 6.45) is 0.771. The molecule has 0 atom stereocenters. The topological polar surface area (TPSA) is 23.5 Å². The summed E-state index contributed by atoms with van der Waals surface area (Å²) in [5.41, 5.74) is 4.08. The van der Waals surface area contributed by atoms with E-state index in [1.54, 1.807) is 6.07 Å². The molecule has 2 aromatic carbocycles. The van der Waals surface area contributed by atoms with Gasteiger partial charge in [-0.05, 0) is 48.2 Å². The minimum atomic E-state index is -0.305. The van der Waals surface area contributed by atoms with Crippen LogP contribution >= 0.6 is 15.9 Å². The number of hydrogen-bond donors (Lipinski definition) is 1. The minimum absolute atomic E-state index is 0.0160. The lowest BCUT2D eigenvalue weighted by molar-refractivity contribution is 0.240. The molecule has 0 saturated heterocycles. The fourth-order valence-corrected chi connectivity index (χ4v) is 3.61. The molecule has 0 bridgehead atoms. The summed E-state index contributed by atoms with van der Waals surface area (Å²) in [5, 5.41) is 9.47. The third kappa shape index (κ3) is 3.27. The Morgan fingerprint density at radius 2 is 2.05 bits per heavy atom. The highest BCUT2D eigenvalue weighted by molar-refractivity contribution is 9.10. The summed E-state index contributed by atoms with van der Waals surface area (Å²) < 4.78 is 15.1. The summed E-state index contributed by atoms with van der Waals surface area (Å²) in [7, 11) is 0. The molecule has 1 aliphatic rings. The van der Waals surface area contributed by atoms with Crippen LogP contribution in [0.1, 0.15) is 22.3 Å². The molecule has 21 heavy (non-hydrogen) atoms. The second kappa shape index (κ2) is 5.78. The molecule has 110 valence electrons. The van der Waals surface area contributed by atoms with E-state index in [9.17, 15) is 9.50 Å². The first-order valence-electron chi connectivity index (χ1n) is 7.00. The Morgan fingerprint density at radius 3 is 2.81 bits per heavy atom. The number of rotatable bonds is 2. The van der Waals surface area contributed by atoms with Crippen LogP contribution in [-0.4, -0.2) is 16.6 Å². The highest BCUT2D eigenvalue weighted by Gasteiger charge is 2.20. The first kappa shape index (κ1) is 14.5. The number of hydrogen-bond acceptors (Lipinski definition) is 2. The lowest BCUT2D eigenvalue weighted by Gasteiger charge is -2.29. The lowest BCUT2D eigenvalue weighted by atomic mass is 9.98. The number of halogens is 2. The van der Waals surface area contributed by atoms with Gasteiger partial charge in [-0.1, -0.05) is 22.0 Å². The van der Waals surface area contributed by atoms with E-state index in [1.807, 2.05) is 0 Å². The van der Waals surface area contributed by atoms with Crippen LogP contribution in [0, 0.1) is 12.7 Å². The van der Waals surface area contributed by atoms with E-state index in [0.29, 0.717) is 12.1 Å². The lowest BCUT2D eigenvalue weighted by Crippen LogP contribution is -2.30. The summed E-state index contributed by atoms with van der Waals surface area (Å²) in [6, 6.07) is 9.23. The van der Waals surface area contributed by atoms with Crippen LogP contribution in [0.3, 0.4) is 0 Å². The number of aryl methyl sites for hydroxylation is 1. The van der Waals surface area contributed by atoms with E-state index in [1.165, 1.54) is 17.2 Å². The zero-order chi connectivity index (χ0) is 15.0. The molecule has 1 heterocycles. The zero-order valence-corrected chi connectivity index (χ0v) is 13.5. The van der Waals surface area contributed by atoms with Crippen LogP contribution in [0.25, 0.3) is 0 Å². The van der Waals surface area contributed by atoms with Crippen LogP contribution in [0.5, 0.6) is 5.75 Å². The largest absolute Gasteiger partial charge is 0.508 e. The van der Waals surface area contributed by atoms with Crippen LogP contribution < -0.4 is 0 Å². The highest BCUT2D eigenvalue weighted by Crippen LogP contribution is 2.27. The molecule has 1 aliphatic heterocycles. The van der Waals surface area contributed by atoms with Crippen molar-refractivity contribution in [3.63, 3.8) is 0 Å². The second-order valence-electron chi connectivity index (χ2n) is 5.66. The Balaban J connectivity index is 1.80. The Kier molecular flexibility index (Phi) is 4.00.